The predicted molar refractivity (Wildman–Crippen MR) is 139 cm³/mol. The van der Waals surface area contributed by atoms with Gasteiger partial charge in [-0.3, -0.25) is 14.7 Å². The number of hydrogen-bond donors (Lipinski definition) is 1. The third kappa shape index (κ3) is 7.12. The van der Waals surface area contributed by atoms with Crippen molar-refractivity contribution >= 4 is 17.2 Å². The molecule has 1 N–H and O–H groups in total. The van der Waals surface area contributed by atoms with E-state index in [0.29, 0.717) is 53.8 Å². The fourth-order valence-corrected chi connectivity index (χ4v) is 5.00. The molecule has 0 saturated carbocycles. The van der Waals surface area contributed by atoms with E-state index in [-0.39, 0.29) is 19.2 Å². The highest BCUT2D eigenvalue weighted by Gasteiger charge is 2.30. The lowest BCUT2D eigenvalue weighted by molar-refractivity contribution is -0.137. The third-order valence-corrected chi connectivity index (χ3v) is 6.87. The molecule has 3 heterocycles. The maximum absolute atomic E-state index is 13.3. The number of fused-ring (bicyclic) bond motifs is 1. The number of nitrogens with one attached hydrogen (secondary N) is 1. The molecule has 11 heteroatoms. The van der Waals surface area contributed by atoms with Crippen LogP contribution >= 0.6 is 11.3 Å². The van der Waals surface area contributed by atoms with E-state index in [1.165, 1.54) is 17.4 Å². The van der Waals surface area contributed by atoms with Crippen LogP contribution in [0.4, 0.5) is 13.2 Å². The van der Waals surface area contributed by atoms with Gasteiger partial charge >= 0.3 is 6.18 Å². The quantitative estimate of drug-likeness (QED) is 0.281. The highest BCUT2D eigenvalue weighted by molar-refractivity contribution is 7.09. The standard InChI is InChI=1S/C28H25F3N4O3S/c29-28(30,31)21-5-3-4-19(12-21)14-35(15-20-7-8-24-25(13-20)38-18-37-24)16-26-34-23(17-39-26)27(36)33-11-9-22-6-1-2-10-32-22/h1-8,10,12-13,17H,9,11,14-16,18H2,(H,33,36). The number of nitrogens with zero attached hydrogens (tertiary/aromatic N) is 3. The molecule has 0 fully saturated rings. The first-order chi connectivity index (χ1) is 18.8. The van der Waals surface area contributed by atoms with Crippen LogP contribution in [0.2, 0.25) is 0 Å². The largest absolute Gasteiger partial charge is 0.454 e. The lowest BCUT2D eigenvalue weighted by atomic mass is 10.1. The summed E-state index contributed by atoms with van der Waals surface area (Å²) in [6, 6.07) is 16.5. The van der Waals surface area contributed by atoms with Gasteiger partial charge in [0.15, 0.2) is 11.5 Å². The molecule has 2 aromatic heterocycles. The first kappa shape index (κ1) is 26.6. The van der Waals surface area contributed by atoms with Crippen molar-refractivity contribution in [3.8, 4) is 11.5 Å². The molecule has 202 valence electrons. The number of carbonyl (C=O) groups excluding carboxylic acids is 1. The molecule has 5 rings (SSSR count). The first-order valence-electron chi connectivity index (χ1n) is 12.2. The second-order valence-corrected chi connectivity index (χ2v) is 9.93. The minimum Gasteiger partial charge on any atom is -0.454 e. The first-order valence-corrected chi connectivity index (χ1v) is 13.1. The Morgan fingerprint density at radius 1 is 0.974 bits per heavy atom. The van der Waals surface area contributed by atoms with Crippen molar-refractivity contribution in [3.63, 3.8) is 0 Å². The Morgan fingerprint density at radius 2 is 1.79 bits per heavy atom. The second kappa shape index (κ2) is 11.8. The van der Waals surface area contributed by atoms with Gasteiger partial charge in [-0.2, -0.15) is 13.2 Å². The number of hydrogen-bond acceptors (Lipinski definition) is 7. The average molecular weight is 555 g/mol. The van der Waals surface area contributed by atoms with Crippen LogP contribution in [0.1, 0.15) is 37.9 Å². The molecule has 0 spiro atoms. The van der Waals surface area contributed by atoms with Gasteiger partial charge < -0.3 is 14.8 Å². The van der Waals surface area contributed by atoms with Crippen LogP contribution in [0.5, 0.6) is 11.5 Å². The smallest absolute Gasteiger partial charge is 0.416 e. The summed E-state index contributed by atoms with van der Waals surface area (Å²) in [4.78, 5) is 23.3. The molecule has 1 aliphatic heterocycles. The normalized spacial score (nSPS) is 12.6. The SMILES string of the molecule is O=C(NCCc1ccccn1)c1csc(CN(Cc2cccc(C(F)(F)F)c2)Cc2ccc3c(c2)OCO3)n1. The van der Waals surface area contributed by atoms with E-state index >= 15 is 0 Å². The Hall–Kier alpha value is -3.96. The number of thiazole rings is 1. The van der Waals surface area contributed by atoms with Gasteiger partial charge in [0, 0.05) is 43.3 Å². The van der Waals surface area contributed by atoms with Crippen LogP contribution in [0.15, 0.2) is 72.2 Å². The topological polar surface area (TPSA) is 76.6 Å². The molecule has 0 radical (unpaired) electrons. The summed E-state index contributed by atoms with van der Waals surface area (Å²) in [7, 11) is 0. The number of carbonyl (C=O) groups is 1. The Bertz CT molecular complexity index is 1430. The summed E-state index contributed by atoms with van der Waals surface area (Å²) in [6.45, 7) is 1.60. The maximum atomic E-state index is 13.3. The van der Waals surface area contributed by atoms with Crippen LogP contribution in [0.3, 0.4) is 0 Å². The van der Waals surface area contributed by atoms with Crippen LogP contribution in [-0.4, -0.2) is 34.1 Å². The number of amides is 1. The van der Waals surface area contributed by atoms with Gasteiger partial charge in [-0.1, -0.05) is 30.3 Å². The van der Waals surface area contributed by atoms with Crippen molar-refractivity contribution in [2.24, 2.45) is 0 Å². The van der Waals surface area contributed by atoms with Gasteiger partial charge in [-0.05, 0) is 41.5 Å². The Labute approximate surface area is 227 Å². The molecule has 0 bridgehead atoms. The summed E-state index contributed by atoms with van der Waals surface area (Å²) < 4.78 is 50.8. The molecule has 0 atom stereocenters. The minimum absolute atomic E-state index is 0.151. The van der Waals surface area contributed by atoms with E-state index in [2.05, 4.69) is 15.3 Å². The highest BCUT2D eigenvalue weighted by Crippen LogP contribution is 2.33. The summed E-state index contributed by atoms with van der Waals surface area (Å²) in [5.74, 6) is 1.00. The van der Waals surface area contributed by atoms with Crippen LogP contribution in [0.25, 0.3) is 0 Å². The van der Waals surface area contributed by atoms with Gasteiger partial charge in [0.1, 0.15) is 10.7 Å². The van der Waals surface area contributed by atoms with Crippen molar-refractivity contribution in [2.45, 2.75) is 32.2 Å². The summed E-state index contributed by atoms with van der Waals surface area (Å²) in [5.41, 5.74) is 1.93. The van der Waals surface area contributed by atoms with Crippen molar-refractivity contribution < 1.29 is 27.4 Å². The predicted octanol–water partition coefficient (Wildman–Crippen LogP) is 5.46. The zero-order valence-electron chi connectivity index (χ0n) is 20.8. The van der Waals surface area contributed by atoms with E-state index in [1.807, 2.05) is 41.3 Å². The number of rotatable bonds is 10. The summed E-state index contributed by atoms with van der Waals surface area (Å²) >= 11 is 1.33. The van der Waals surface area contributed by atoms with E-state index in [4.69, 9.17) is 9.47 Å². The van der Waals surface area contributed by atoms with Crippen molar-refractivity contribution in [2.75, 3.05) is 13.3 Å². The monoisotopic (exact) mass is 554 g/mol. The van der Waals surface area contributed by atoms with Crippen molar-refractivity contribution in [3.05, 3.63) is 105 Å². The van der Waals surface area contributed by atoms with Crippen LogP contribution < -0.4 is 14.8 Å². The molecule has 0 unspecified atom stereocenters. The fourth-order valence-electron chi connectivity index (χ4n) is 4.19. The number of halogens is 3. The molecule has 0 aliphatic carbocycles. The van der Waals surface area contributed by atoms with Crippen molar-refractivity contribution in [1.82, 2.24) is 20.2 Å². The molecular formula is C28H25F3N4O3S. The van der Waals surface area contributed by atoms with E-state index in [9.17, 15) is 18.0 Å². The number of pyridine rings is 1. The maximum Gasteiger partial charge on any atom is 0.416 e. The zero-order chi connectivity index (χ0) is 27.2. The van der Waals surface area contributed by atoms with Gasteiger partial charge in [0.05, 0.1) is 12.1 Å². The molecule has 1 aliphatic rings. The number of benzene rings is 2. The van der Waals surface area contributed by atoms with Crippen LogP contribution in [-0.2, 0) is 32.2 Å². The Kier molecular flexibility index (Phi) is 8.08. The van der Waals surface area contributed by atoms with E-state index in [0.717, 1.165) is 23.4 Å². The van der Waals surface area contributed by atoms with Crippen LogP contribution in [0, 0.1) is 0 Å². The molecule has 7 nitrogen and oxygen atoms in total. The molecular weight excluding hydrogens is 529 g/mol. The lowest BCUT2D eigenvalue weighted by Gasteiger charge is -2.22. The zero-order valence-corrected chi connectivity index (χ0v) is 21.6. The molecule has 0 saturated heterocycles. The van der Waals surface area contributed by atoms with Gasteiger partial charge in [-0.25, -0.2) is 4.98 Å². The second-order valence-electron chi connectivity index (χ2n) is 8.98. The number of ether oxygens (including phenoxy) is 2. The molecule has 2 aromatic carbocycles. The van der Waals surface area contributed by atoms with Gasteiger partial charge in [-0.15, -0.1) is 11.3 Å². The van der Waals surface area contributed by atoms with E-state index in [1.54, 1.807) is 17.6 Å². The molecule has 39 heavy (non-hydrogen) atoms. The number of aromatic nitrogens is 2. The third-order valence-electron chi connectivity index (χ3n) is 6.04. The Balaban J connectivity index is 1.28. The summed E-state index contributed by atoms with van der Waals surface area (Å²) in [6.07, 6.45) is -2.12. The summed E-state index contributed by atoms with van der Waals surface area (Å²) in [5, 5.41) is 5.22. The average Bonchev–Trinajstić information content (AvgIpc) is 3.58. The minimum atomic E-state index is -4.42. The van der Waals surface area contributed by atoms with Gasteiger partial charge in [0.2, 0.25) is 6.79 Å². The highest BCUT2D eigenvalue weighted by atomic mass is 32.1. The van der Waals surface area contributed by atoms with E-state index < -0.39 is 11.7 Å². The van der Waals surface area contributed by atoms with Gasteiger partial charge in [0.25, 0.3) is 5.91 Å². The molecule has 4 aromatic rings. The lowest BCUT2D eigenvalue weighted by Crippen LogP contribution is -2.26. The Morgan fingerprint density at radius 3 is 2.59 bits per heavy atom. The number of alkyl halides is 3. The van der Waals surface area contributed by atoms with Crippen molar-refractivity contribution in [1.29, 1.82) is 0 Å². The molecule has 1 amide bonds. The fraction of sp³-hybridized carbons (Fsp3) is 0.250.